The van der Waals surface area contributed by atoms with E-state index >= 15 is 0 Å². The summed E-state index contributed by atoms with van der Waals surface area (Å²) in [4.78, 5) is 0. The molecule has 0 aliphatic rings. The molecule has 0 bridgehead atoms. The number of para-hydroxylation sites is 2. The van der Waals surface area contributed by atoms with Crippen LogP contribution in [0.2, 0.25) is 0 Å². The molecule has 0 radical (unpaired) electrons. The van der Waals surface area contributed by atoms with Gasteiger partial charge in [0.1, 0.15) is 11.5 Å². The van der Waals surface area contributed by atoms with Crippen LogP contribution in [0.5, 0.6) is 11.5 Å². The number of ether oxygens (including phenoxy) is 2. The minimum atomic E-state index is -0.405. The standard InChI is InChI=1S/C23H34N2O4/c1-3-13-28-23(29-14-4-2)20(25-16-19-10-6-8-12-22(19)27)17-24-15-18-9-5-7-11-21(18)26/h5-12,20,23-27H,3-4,13-17H2,1-2H3. The molecular formula is C23H34N2O4. The van der Waals surface area contributed by atoms with Gasteiger partial charge in [-0.05, 0) is 25.0 Å². The first-order valence-electron chi connectivity index (χ1n) is 10.4. The van der Waals surface area contributed by atoms with Gasteiger partial charge in [0, 0.05) is 44.0 Å². The molecule has 1 atom stereocenters. The van der Waals surface area contributed by atoms with Gasteiger partial charge < -0.3 is 30.3 Å². The molecule has 0 aliphatic carbocycles. The summed E-state index contributed by atoms with van der Waals surface area (Å²) >= 11 is 0. The summed E-state index contributed by atoms with van der Waals surface area (Å²) in [5, 5.41) is 26.9. The maximum Gasteiger partial charge on any atom is 0.173 e. The summed E-state index contributed by atoms with van der Waals surface area (Å²) in [6.45, 7) is 6.98. The summed E-state index contributed by atoms with van der Waals surface area (Å²) in [7, 11) is 0. The number of phenols is 2. The van der Waals surface area contributed by atoms with Crippen molar-refractivity contribution in [3.8, 4) is 11.5 Å². The highest BCUT2D eigenvalue weighted by atomic mass is 16.7. The van der Waals surface area contributed by atoms with Crippen molar-refractivity contribution in [3.63, 3.8) is 0 Å². The molecular weight excluding hydrogens is 368 g/mol. The predicted octanol–water partition coefficient (Wildman–Crippen LogP) is 3.53. The quantitative estimate of drug-likeness (QED) is 0.362. The van der Waals surface area contributed by atoms with Crippen LogP contribution >= 0.6 is 0 Å². The van der Waals surface area contributed by atoms with Crippen LogP contribution < -0.4 is 10.6 Å². The first-order valence-corrected chi connectivity index (χ1v) is 10.4. The van der Waals surface area contributed by atoms with Crippen LogP contribution in [-0.4, -0.2) is 42.3 Å². The highest BCUT2D eigenvalue weighted by Crippen LogP contribution is 2.17. The second kappa shape index (κ2) is 13.2. The number of hydrogen-bond acceptors (Lipinski definition) is 6. The van der Waals surface area contributed by atoms with Gasteiger partial charge >= 0.3 is 0 Å². The molecule has 0 spiro atoms. The highest BCUT2D eigenvalue weighted by Gasteiger charge is 2.23. The minimum Gasteiger partial charge on any atom is -0.508 e. The topological polar surface area (TPSA) is 83.0 Å². The van der Waals surface area contributed by atoms with E-state index in [0.717, 1.165) is 24.0 Å². The number of nitrogens with one attached hydrogen (secondary N) is 2. The third-order valence-corrected chi connectivity index (χ3v) is 4.52. The Labute approximate surface area is 173 Å². The van der Waals surface area contributed by atoms with Gasteiger partial charge in [-0.25, -0.2) is 0 Å². The average Bonchev–Trinajstić information content (AvgIpc) is 2.73. The van der Waals surface area contributed by atoms with E-state index < -0.39 is 6.29 Å². The van der Waals surface area contributed by atoms with Gasteiger partial charge in [-0.2, -0.15) is 0 Å². The second-order valence-corrected chi connectivity index (χ2v) is 6.99. The van der Waals surface area contributed by atoms with Crippen LogP contribution in [0.4, 0.5) is 0 Å². The molecule has 0 fully saturated rings. The molecule has 0 amide bonds. The zero-order valence-corrected chi connectivity index (χ0v) is 17.4. The Morgan fingerprint density at radius 3 is 1.83 bits per heavy atom. The molecule has 2 aromatic rings. The van der Waals surface area contributed by atoms with Crippen molar-refractivity contribution in [3.05, 3.63) is 59.7 Å². The lowest BCUT2D eigenvalue weighted by atomic mass is 10.1. The molecule has 0 saturated carbocycles. The Morgan fingerprint density at radius 1 is 0.793 bits per heavy atom. The van der Waals surface area contributed by atoms with Crippen molar-refractivity contribution in [1.82, 2.24) is 10.6 Å². The van der Waals surface area contributed by atoms with Gasteiger partial charge in [0.25, 0.3) is 0 Å². The number of phenolic OH excluding ortho intramolecular Hbond substituents is 2. The Bertz CT molecular complexity index is 703. The van der Waals surface area contributed by atoms with Crippen molar-refractivity contribution in [2.24, 2.45) is 0 Å². The third-order valence-electron chi connectivity index (χ3n) is 4.52. The van der Waals surface area contributed by atoms with Crippen LogP contribution in [0, 0.1) is 0 Å². The van der Waals surface area contributed by atoms with Gasteiger partial charge in [-0.1, -0.05) is 50.2 Å². The van der Waals surface area contributed by atoms with Crippen LogP contribution in [-0.2, 0) is 22.6 Å². The molecule has 0 heterocycles. The van der Waals surface area contributed by atoms with Crippen molar-refractivity contribution in [1.29, 1.82) is 0 Å². The van der Waals surface area contributed by atoms with Crippen molar-refractivity contribution in [2.45, 2.75) is 52.1 Å². The monoisotopic (exact) mass is 402 g/mol. The normalized spacial score (nSPS) is 12.4. The Kier molecular flexibility index (Phi) is 10.5. The van der Waals surface area contributed by atoms with E-state index in [2.05, 4.69) is 24.5 Å². The van der Waals surface area contributed by atoms with E-state index in [1.807, 2.05) is 36.4 Å². The third kappa shape index (κ3) is 8.03. The Balaban J connectivity index is 2.03. The van der Waals surface area contributed by atoms with Crippen molar-refractivity contribution < 1.29 is 19.7 Å². The molecule has 0 saturated heterocycles. The summed E-state index contributed by atoms with van der Waals surface area (Å²) in [5.41, 5.74) is 1.66. The van der Waals surface area contributed by atoms with Gasteiger partial charge in [0.15, 0.2) is 6.29 Å². The van der Waals surface area contributed by atoms with E-state index in [-0.39, 0.29) is 17.5 Å². The summed E-state index contributed by atoms with van der Waals surface area (Å²) < 4.78 is 11.9. The van der Waals surface area contributed by atoms with Crippen LogP contribution in [0.1, 0.15) is 37.8 Å². The van der Waals surface area contributed by atoms with Crippen molar-refractivity contribution in [2.75, 3.05) is 19.8 Å². The molecule has 6 heteroatoms. The molecule has 4 N–H and O–H groups in total. The van der Waals surface area contributed by atoms with Crippen LogP contribution in [0.25, 0.3) is 0 Å². The first-order chi connectivity index (χ1) is 14.2. The number of hydrogen-bond donors (Lipinski definition) is 4. The lowest BCUT2D eigenvalue weighted by Crippen LogP contribution is -2.49. The molecule has 160 valence electrons. The minimum absolute atomic E-state index is 0.126. The fraction of sp³-hybridized carbons (Fsp3) is 0.478. The van der Waals surface area contributed by atoms with Gasteiger partial charge in [0.05, 0.1) is 6.04 Å². The number of benzene rings is 2. The second-order valence-electron chi connectivity index (χ2n) is 6.99. The molecule has 0 aliphatic heterocycles. The summed E-state index contributed by atoms with van der Waals surface area (Å²) in [5.74, 6) is 0.543. The average molecular weight is 403 g/mol. The van der Waals surface area contributed by atoms with Gasteiger partial charge in [-0.3, -0.25) is 0 Å². The fourth-order valence-corrected chi connectivity index (χ4v) is 2.94. The Hall–Kier alpha value is -2.12. The largest absolute Gasteiger partial charge is 0.508 e. The fourth-order valence-electron chi connectivity index (χ4n) is 2.94. The number of rotatable bonds is 14. The van der Waals surface area contributed by atoms with Gasteiger partial charge in [0.2, 0.25) is 0 Å². The SMILES string of the molecule is CCCOC(OCCC)C(CNCc1ccccc1O)NCc1ccccc1O. The van der Waals surface area contributed by atoms with E-state index in [1.165, 1.54) is 0 Å². The van der Waals surface area contributed by atoms with E-state index in [4.69, 9.17) is 9.47 Å². The first kappa shape index (κ1) is 23.2. The Morgan fingerprint density at radius 2 is 1.31 bits per heavy atom. The van der Waals surface area contributed by atoms with Crippen LogP contribution in [0.15, 0.2) is 48.5 Å². The predicted molar refractivity (Wildman–Crippen MR) is 115 cm³/mol. The van der Waals surface area contributed by atoms with Crippen molar-refractivity contribution >= 4 is 0 Å². The smallest absolute Gasteiger partial charge is 0.173 e. The number of aromatic hydroxyl groups is 2. The van der Waals surface area contributed by atoms with E-state index in [1.54, 1.807) is 12.1 Å². The zero-order valence-electron chi connectivity index (χ0n) is 17.4. The molecule has 0 aromatic heterocycles. The lowest BCUT2D eigenvalue weighted by Gasteiger charge is -2.29. The summed E-state index contributed by atoms with van der Waals surface area (Å²) in [6.07, 6.45) is 1.41. The molecule has 6 nitrogen and oxygen atoms in total. The lowest BCUT2D eigenvalue weighted by molar-refractivity contribution is -0.159. The van der Waals surface area contributed by atoms with E-state index in [9.17, 15) is 10.2 Å². The maximum absolute atomic E-state index is 10.1. The summed E-state index contributed by atoms with van der Waals surface area (Å²) in [6, 6.07) is 14.4. The highest BCUT2D eigenvalue weighted by molar-refractivity contribution is 5.32. The molecule has 2 rings (SSSR count). The zero-order chi connectivity index (χ0) is 20.9. The molecule has 29 heavy (non-hydrogen) atoms. The van der Waals surface area contributed by atoms with E-state index in [0.29, 0.717) is 32.8 Å². The maximum atomic E-state index is 10.1. The van der Waals surface area contributed by atoms with Crippen LogP contribution in [0.3, 0.4) is 0 Å². The molecule has 1 unspecified atom stereocenters. The van der Waals surface area contributed by atoms with Gasteiger partial charge in [-0.15, -0.1) is 0 Å². The molecule has 2 aromatic carbocycles.